The van der Waals surface area contributed by atoms with Crippen LogP contribution in [0.2, 0.25) is 0 Å². The first-order chi connectivity index (χ1) is 14.0. The summed E-state index contributed by atoms with van der Waals surface area (Å²) in [6.07, 6.45) is 0.134. The van der Waals surface area contributed by atoms with Gasteiger partial charge in [0, 0.05) is 6.42 Å². The van der Waals surface area contributed by atoms with Crippen molar-refractivity contribution < 1.29 is 14.3 Å². The maximum absolute atomic E-state index is 12.7. The molecule has 2 aromatic carbocycles. The summed E-state index contributed by atoms with van der Waals surface area (Å²) in [7, 11) is 0. The normalized spacial score (nSPS) is 16.0. The van der Waals surface area contributed by atoms with Crippen LogP contribution in [0.3, 0.4) is 0 Å². The molecule has 3 aromatic rings. The van der Waals surface area contributed by atoms with Crippen LogP contribution in [0.4, 0.5) is 10.8 Å². The Hall–Kier alpha value is -3.46. The van der Waals surface area contributed by atoms with Crippen molar-refractivity contribution in [2.45, 2.75) is 19.4 Å². The van der Waals surface area contributed by atoms with E-state index in [1.54, 1.807) is 0 Å². The van der Waals surface area contributed by atoms with Gasteiger partial charge < -0.3 is 10.5 Å². The maximum atomic E-state index is 12.7. The third-order valence-electron chi connectivity index (χ3n) is 4.41. The van der Waals surface area contributed by atoms with Crippen molar-refractivity contribution in [2.24, 2.45) is 10.8 Å². The van der Waals surface area contributed by atoms with Crippen molar-refractivity contribution >= 4 is 49.9 Å². The molecule has 2 heterocycles. The van der Waals surface area contributed by atoms with E-state index in [2.05, 4.69) is 15.4 Å². The second-order valence-corrected chi connectivity index (χ2v) is 7.42. The lowest BCUT2D eigenvalue weighted by molar-refractivity contribution is -0.119. The summed E-state index contributed by atoms with van der Waals surface area (Å²) >= 11 is 1.35. The molecule has 9 heteroatoms. The summed E-state index contributed by atoms with van der Waals surface area (Å²) in [4.78, 5) is 29.0. The van der Waals surface area contributed by atoms with Gasteiger partial charge in [-0.15, -0.1) is 0 Å². The minimum Gasteiger partial charge on any atom is -0.494 e. The van der Waals surface area contributed by atoms with Gasteiger partial charge in [0.05, 0.1) is 22.5 Å². The second kappa shape index (κ2) is 7.88. The Bertz CT molecular complexity index is 1100. The zero-order valence-electron chi connectivity index (χ0n) is 15.7. The Morgan fingerprint density at radius 2 is 2.07 bits per heavy atom. The number of nitrogens with one attached hydrogen (secondary N) is 1. The van der Waals surface area contributed by atoms with E-state index in [0.29, 0.717) is 17.4 Å². The average molecular weight is 409 g/mol. The van der Waals surface area contributed by atoms with Crippen LogP contribution in [0.15, 0.2) is 53.6 Å². The molecule has 29 heavy (non-hydrogen) atoms. The number of benzene rings is 2. The molecule has 0 fully saturated rings. The standard InChI is InChI=1S/C20H19N5O3S/c1-2-28-13-8-9-14-17(10-13)29-20(22-14)23-19(27)15-11-16(18(21)26)25(24-15)12-6-4-3-5-7-12/h3-10,16H,2,11H2,1H3,(H2,21,26)(H,22,23,27). The SMILES string of the molecule is CCOc1ccc2nc(NC(=O)C3=NN(c4ccccc4)C(C(N)=O)C3)sc2c1. The lowest BCUT2D eigenvalue weighted by atomic mass is 10.1. The van der Waals surface area contributed by atoms with E-state index in [9.17, 15) is 9.59 Å². The first-order valence-electron chi connectivity index (χ1n) is 9.11. The van der Waals surface area contributed by atoms with Crippen LogP contribution in [0.1, 0.15) is 13.3 Å². The van der Waals surface area contributed by atoms with Gasteiger partial charge in [0.25, 0.3) is 5.91 Å². The minimum absolute atomic E-state index is 0.134. The molecule has 2 amide bonds. The zero-order valence-corrected chi connectivity index (χ0v) is 16.5. The number of fused-ring (bicyclic) bond motifs is 1. The predicted octanol–water partition coefficient (Wildman–Crippen LogP) is 2.75. The molecule has 1 aliphatic rings. The number of ether oxygens (including phenoxy) is 1. The highest BCUT2D eigenvalue weighted by atomic mass is 32.1. The van der Waals surface area contributed by atoms with Crippen LogP contribution in [0, 0.1) is 0 Å². The van der Waals surface area contributed by atoms with E-state index in [0.717, 1.165) is 16.0 Å². The summed E-state index contributed by atoms with van der Waals surface area (Å²) in [5.74, 6) is -0.188. The monoisotopic (exact) mass is 409 g/mol. The van der Waals surface area contributed by atoms with E-state index in [1.807, 2.05) is 55.5 Å². The molecule has 148 valence electrons. The minimum atomic E-state index is -0.706. The summed E-state index contributed by atoms with van der Waals surface area (Å²) in [6, 6.07) is 14.0. The number of nitrogens with two attached hydrogens (primary N) is 1. The van der Waals surface area contributed by atoms with E-state index in [4.69, 9.17) is 10.5 Å². The van der Waals surface area contributed by atoms with E-state index < -0.39 is 17.9 Å². The number of thiazole rings is 1. The molecule has 3 N–H and O–H groups in total. The molecule has 4 rings (SSSR count). The smallest absolute Gasteiger partial charge is 0.273 e. The fourth-order valence-corrected chi connectivity index (χ4v) is 3.96. The number of nitrogens with zero attached hydrogens (tertiary/aromatic N) is 3. The first-order valence-corrected chi connectivity index (χ1v) is 9.92. The lowest BCUT2D eigenvalue weighted by Gasteiger charge is -2.20. The van der Waals surface area contributed by atoms with E-state index in [1.165, 1.54) is 16.3 Å². The van der Waals surface area contributed by atoms with Crippen molar-refractivity contribution in [1.29, 1.82) is 0 Å². The predicted molar refractivity (Wildman–Crippen MR) is 113 cm³/mol. The number of hydrogen-bond acceptors (Lipinski definition) is 7. The zero-order chi connectivity index (χ0) is 20.4. The number of primary amides is 1. The van der Waals surface area contributed by atoms with Gasteiger partial charge in [-0.1, -0.05) is 29.5 Å². The van der Waals surface area contributed by atoms with Gasteiger partial charge in [0.15, 0.2) is 5.13 Å². The number of amides is 2. The Morgan fingerprint density at radius 1 is 1.28 bits per heavy atom. The highest BCUT2D eigenvalue weighted by Crippen LogP contribution is 2.30. The summed E-state index contributed by atoms with van der Waals surface area (Å²) < 4.78 is 6.40. The van der Waals surface area contributed by atoms with Gasteiger partial charge in [0.1, 0.15) is 17.5 Å². The number of carbonyl (C=O) groups excluding carboxylic acids is 2. The van der Waals surface area contributed by atoms with Gasteiger partial charge in [-0.3, -0.25) is 19.9 Å². The number of anilines is 2. The highest BCUT2D eigenvalue weighted by molar-refractivity contribution is 7.22. The fraction of sp³-hybridized carbons (Fsp3) is 0.200. The van der Waals surface area contributed by atoms with Gasteiger partial charge >= 0.3 is 0 Å². The average Bonchev–Trinajstić information content (AvgIpc) is 3.32. The molecule has 1 unspecified atom stereocenters. The topological polar surface area (TPSA) is 110 Å². The van der Waals surface area contributed by atoms with Crippen molar-refractivity contribution in [2.75, 3.05) is 16.9 Å². The van der Waals surface area contributed by atoms with Crippen LogP contribution in [-0.4, -0.2) is 35.2 Å². The summed E-state index contributed by atoms with van der Waals surface area (Å²) in [5.41, 5.74) is 7.21. The molecule has 0 aliphatic carbocycles. The number of rotatable bonds is 6. The Morgan fingerprint density at radius 3 is 2.79 bits per heavy atom. The Labute approximate surface area is 171 Å². The molecular formula is C20H19N5O3S. The molecule has 0 radical (unpaired) electrons. The van der Waals surface area contributed by atoms with Gasteiger partial charge in [-0.05, 0) is 37.3 Å². The largest absolute Gasteiger partial charge is 0.494 e. The van der Waals surface area contributed by atoms with E-state index in [-0.39, 0.29) is 12.1 Å². The number of carbonyl (C=O) groups is 2. The van der Waals surface area contributed by atoms with Gasteiger partial charge in [0.2, 0.25) is 5.91 Å². The van der Waals surface area contributed by atoms with Crippen LogP contribution in [0.25, 0.3) is 10.2 Å². The summed E-state index contributed by atoms with van der Waals surface area (Å²) in [5, 5.41) is 9.06. The number of hydrazone groups is 1. The van der Waals surface area contributed by atoms with Crippen molar-refractivity contribution in [3.05, 3.63) is 48.5 Å². The molecule has 1 aromatic heterocycles. The molecule has 1 aliphatic heterocycles. The number of hydrogen-bond donors (Lipinski definition) is 2. The molecular weight excluding hydrogens is 390 g/mol. The van der Waals surface area contributed by atoms with Crippen LogP contribution in [0.5, 0.6) is 5.75 Å². The van der Waals surface area contributed by atoms with Crippen molar-refractivity contribution in [3.63, 3.8) is 0 Å². The van der Waals surface area contributed by atoms with Crippen LogP contribution < -0.4 is 20.8 Å². The maximum Gasteiger partial charge on any atom is 0.273 e. The third kappa shape index (κ3) is 3.90. The van der Waals surface area contributed by atoms with E-state index >= 15 is 0 Å². The lowest BCUT2D eigenvalue weighted by Crippen LogP contribution is -2.39. The summed E-state index contributed by atoms with van der Waals surface area (Å²) in [6.45, 7) is 2.50. The second-order valence-electron chi connectivity index (χ2n) is 6.38. The van der Waals surface area contributed by atoms with Gasteiger partial charge in [-0.2, -0.15) is 5.10 Å². The van der Waals surface area contributed by atoms with Crippen LogP contribution in [-0.2, 0) is 9.59 Å². The van der Waals surface area contributed by atoms with Crippen LogP contribution >= 0.6 is 11.3 Å². The van der Waals surface area contributed by atoms with Crippen molar-refractivity contribution in [3.8, 4) is 5.75 Å². The first kappa shape index (κ1) is 18.9. The number of aromatic nitrogens is 1. The molecule has 0 saturated carbocycles. The third-order valence-corrected chi connectivity index (χ3v) is 5.35. The van der Waals surface area contributed by atoms with Gasteiger partial charge in [-0.25, -0.2) is 4.98 Å². The molecule has 0 spiro atoms. The Balaban J connectivity index is 1.55. The fourth-order valence-electron chi connectivity index (χ4n) is 3.07. The Kier molecular flexibility index (Phi) is 5.13. The molecule has 0 saturated heterocycles. The quantitative estimate of drug-likeness (QED) is 0.650. The highest BCUT2D eigenvalue weighted by Gasteiger charge is 2.35. The molecule has 8 nitrogen and oxygen atoms in total. The molecule has 0 bridgehead atoms. The molecule has 1 atom stereocenters. The number of para-hydroxylation sites is 1. The van der Waals surface area contributed by atoms with Crippen molar-refractivity contribution in [1.82, 2.24) is 4.98 Å².